The maximum atomic E-state index is 8.74. The summed E-state index contributed by atoms with van der Waals surface area (Å²) >= 11 is 3.36. The summed E-state index contributed by atoms with van der Waals surface area (Å²) in [5.41, 5.74) is 2.47. The predicted octanol–water partition coefficient (Wildman–Crippen LogP) is 3.35. The van der Waals surface area contributed by atoms with Gasteiger partial charge in [-0.1, -0.05) is 0 Å². The van der Waals surface area contributed by atoms with Gasteiger partial charge in [-0.15, -0.1) is 11.3 Å². The number of nitriles is 1. The van der Waals surface area contributed by atoms with Crippen LogP contribution in [0.3, 0.4) is 0 Å². The van der Waals surface area contributed by atoms with E-state index in [1.54, 1.807) is 11.3 Å². The molecule has 1 heterocycles. The molecule has 1 unspecified atom stereocenters. The van der Waals surface area contributed by atoms with Crippen molar-refractivity contribution in [1.29, 1.82) is 5.26 Å². The van der Waals surface area contributed by atoms with Gasteiger partial charge in [0, 0.05) is 5.25 Å². The van der Waals surface area contributed by atoms with Crippen molar-refractivity contribution in [1.82, 2.24) is 0 Å². The van der Waals surface area contributed by atoms with Gasteiger partial charge < -0.3 is 0 Å². The Morgan fingerprint density at radius 3 is 2.75 bits per heavy atom. The van der Waals surface area contributed by atoms with Crippen molar-refractivity contribution in [3.63, 3.8) is 0 Å². The fraction of sp³-hybridized carbons (Fsp3) is 0.444. The van der Waals surface area contributed by atoms with Crippen LogP contribution in [0.5, 0.6) is 0 Å². The molecular weight excluding hydrogens is 186 g/mol. The van der Waals surface area contributed by atoms with Crippen molar-refractivity contribution in [2.45, 2.75) is 19.1 Å². The molecule has 0 radical (unpaired) electrons. The van der Waals surface area contributed by atoms with E-state index in [1.165, 1.54) is 5.56 Å². The first-order valence-electron chi connectivity index (χ1n) is 3.71. The van der Waals surface area contributed by atoms with Gasteiger partial charge in [0.1, 0.15) is 10.9 Å². The highest BCUT2D eigenvalue weighted by Crippen LogP contribution is 2.33. The van der Waals surface area contributed by atoms with E-state index in [2.05, 4.69) is 24.6 Å². The van der Waals surface area contributed by atoms with Crippen molar-refractivity contribution in [3.8, 4) is 6.07 Å². The number of hydrogen-bond acceptors (Lipinski definition) is 3. The van der Waals surface area contributed by atoms with Gasteiger partial charge in [0.2, 0.25) is 0 Å². The minimum Gasteiger partial charge on any atom is -0.192 e. The molecule has 1 rings (SSSR count). The van der Waals surface area contributed by atoms with Crippen molar-refractivity contribution in [3.05, 3.63) is 21.4 Å². The van der Waals surface area contributed by atoms with Gasteiger partial charge in [-0.05, 0) is 36.6 Å². The zero-order chi connectivity index (χ0) is 9.14. The Hall–Kier alpha value is -0.460. The maximum absolute atomic E-state index is 8.74. The highest BCUT2D eigenvalue weighted by atomic mass is 32.2. The van der Waals surface area contributed by atoms with E-state index < -0.39 is 0 Å². The molecule has 0 amide bonds. The topological polar surface area (TPSA) is 23.8 Å². The van der Waals surface area contributed by atoms with Crippen LogP contribution in [0.25, 0.3) is 0 Å². The summed E-state index contributed by atoms with van der Waals surface area (Å²) in [5, 5.41) is 11.3. The molecule has 0 fully saturated rings. The summed E-state index contributed by atoms with van der Waals surface area (Å²) in [4.78, 5) is 0.853. The highest BCUT2D eigenvalue weighted by Gasteiger charge is 2.11. The third-order valence-corrected chi connectivity index (χ3v) is 3.94. The van der Waals surface area contributed by atoms with Crippen molar-refractivity contribution in [2.75, 3.05) is 6.26 Å². The molecule has 0 N–H and O–H groups in total. The number of thioether (sulfide) groups is 1. The van der Waals surface area contributed by atoms with Crippen LogP contribution in [0.4, 0.5) is 0 Å². The molecule has 0 saturated heterocycles. The molecule has 1 nitrogen and oxygen atoms in total. The third kappa shape index (κ3) is 1.65. The molecule has 0 bridgehead atoms. The second-order valence-electron chi connectivity index (χ2n) is 2.63. The van der Waals surface area contributed by atoms with Crippen LogP contribution < -0.4 is 0 Å². The zero-order valence-corrected chi connectivity index (χ0v) is 9.05. The lowest BCUT2D eigenvalue weighted by Crippen LogP contribution is -1.87. The lowest BCUT2D eigenvalue weighted by atomic mass is 10.1. The fourth-order valence-corrected chi connectivity index (χ4v) is 2.63. The Bertz CT molecular complexity index is 309. The predicted molar refractivity (Wildman–Crippen MR) is 55.7 cm³/mol. The van der Waals surface area contributed by atoms with Gasteiger partial charge >= 0.3 is 0 Å². The van der Waals surface area contributed by atoms with Crippen LogP contribution in [0.2, 0.25) is 0 Å². The molecule has 1 aromatic rings. The van der Waals surface area contributed by atoms with E-state index in [-0.39, 0.29) is 0 Å². The average molecular weight is 197 g/mol. The van der Waals surface area contributed by atoms with Crippen LogP contribution in [0.1, 0.15) is 28.2 Å². The molecule has 0 aliphatic carbocycles. The number of nitrogens with zero attached hydrogens (tertiary/aromatic N) is 1. The summed E-state index contributed by atoms with van der Waals surface area (Å²) < 4.78 is 0. The highest BCUT2D eigenvalue weighted by molar-refractivity contribution is 7.98. The van der Waals surface area contributed by atoms with E-state index in [9.17, 15) is 0 Å². The van der Waals surface area contributed by atoms with Crippen LogP contribution in [-0.2, 0) is 0 Å². The van der Waals surface area contributed by atoms with E-state index in [0.29, 0.717) is 5.25 Å². The summed E-state index contributed by atoms with van der Waals surface area (Å²) in [6, 6.07) is 2.20. The van der Waals surface area contributed by atoms with E-state index in [4.69, 9.17) is 5.26 Å². The van der Waals surface area contributed by atoms with Crippen molar-refractivity contribution < 1.29 is 0 Å². The lowest BCUT2D eigenvalue weighted by Gasteiger charge is -2.06. The van der Waals surface area contributed by atoms with E-state index in [0.717, 1.165) is 10.4 Å². The molecule has 64 valence electrons. The molecule has 1 aromatic heterocycles. The summed E-state index contributed by atoms with van der Waals surface area (Å²) in [6.45, 7) is 4.19. The van der Waals surface area contributed by atoms with Gasteiger partial charge in [0.25, 0.3) is 0 Å². The van der Waals surface area contributed by atoms with Crippen LogP contribution in [0, 0.1) is 18.3 Å². The minimum atomic E-state index is 0.503. The molecule has 0 spiro atoms. The van der Waals surface area contributed by atoms with E-state index >= 15 is 0 Å². The molecule has 0 aliphatic rings. The van der Waals surface area contributed by atoms with Crippen LogP contribution in [-0.4, -0.2) is 6.26 Å². The first-order chi connectivity index (χ1) is 5.70. The second-order valence-corrected chi connectivity index (χ2v) is 4.69. The van der Waals surface area contributed by atoms with Crippen molar-refractivity contribution >= 4 is 23.1 Å². The summed E-state index contributed by atoms with van der Waals surface area (Å²) in [6.07, 6.45) is 2.09. The van der Waals surface area contributed by atoms with Gasteiger partial charge in [-0.2, -0.15) is 17.0 Å². The van der Waals surface area contributed by atoms with Crippen molar-refractivity contribution in [2.24, 2.45) is 0 Å². The molecule has 0 saturated carbocycles. The van der Waals surface area contributed by atoms with Gasteiger partial charge in [-0.25, -0.2) is 0 Å². The van der Waals surface area contributed by atoms with Gasteiger partial charge in [0.05, 0.1) is 0 Å². The van der Waals surface area contributed by atoms with Gasteiger partial charge in [-0.3, -0.25) is 0 Å². The number of hydrogen-bond donors (Lipinski definition) is 0. The third-order valence-electron chi connectivity index (χ3n) is 1.97. The fourth-order valence-electron chi connectivity index (χ4n) is 1.07. The smallest absolute Gasteiger partial charge is 0.110 e. The molecule has 3 heteroatoms. The Morgan fingerprint density at radius 2 is 2.33 bits per heavy atom. The van der Waals surface area contributed by atoms with E-state index in [1.807, 2.05) is 18.7 Å². The molecular formula is C9H11NS2. The summed E-state index contributed by atoms with van der Waals surface area (Å²) in [5.74, 6) is 0. The minimum absolute atomic E-state index is 0.503. The number of rotatable bonds is 2. The zero-order valence-electron chi connectivity index (χ0n) is 7.42. The first-order valence-corrected chi connectivity index (χ1v) is 5.88. The molecule has 12 heavy (non-hydrogen) atoms. The monoisotopic (exact) mass is 197 g/mol. The summed E-state index contributed by atoms with van der Waals surface area (Å²) in [7, 11) is 0. The maximum Gasteiger partial charge on any atom is 0.110 e. The molecule has 0 aliphatic heterocycles. The quantitative estimate of drug-likeness (QED) is 0.726. The Labute approximate surface area is 81.4 Å². The second kappa shape index (κ2) is 3.97. The SMILES string of the molecule is CSC(C)c1csc(C#N)c1C. The Morgan fingerprint density at radius 1 is 1.67 bits per heavy atom. The van der Waals surface area contributed by atoms with Crippen LogP contribution >= 0.6 is 23.1 Å². The Balaban J connectivity index is 3.04. The van der Waals surface area contributed by atoms with Crippen LogP contribution in [0.15, 0.2) is 5.38 Å². The largest absolute Gasteiger partial charge is 0.192 e. The molecule has 1 atom stereocenters. The molecule has 0 aromatic carbocycles. The standard InChI is InChI=1S/C9H11NS2/c1-6-8(7(2)11-3)5-12-9(6)4-10/h5,7H,1-3H3. The lowest BCUT2D eigenvalue weighted by molar-refractivity contribution is 1.09. The normalized spacial score (nSPS) is 12.5. The Kier molecular flexibility index (Phi) is 3.19. The number of thiophene rings is 1. The average Bonchev–Trinajstić information content (AvgIpc) is 2.45. The van der Waals surface area contributed by atoms with Gasteiger partial charge in [0.15, 0.2) is 0 Å². The first kappa shape index (κ1) is 9.63.